The second-order valence-corrected chi connectivity index (χ2v) is 4.06. The largest absolute Gasteiger partial charge is 0.304 e. The quantitative estimate of drug-likeness (QED) is 0.620. The van der Waals surface area contributed by atoms with E-state index in [0.717, 1.165) is 12.8 Å². The number of hydrogen-bond donors (Lipinski definition) is 1. The molecule has 2 aliphatic rings. The molecule has 0 aromatic carbocycles. The summed E-state index contributed by atoms with van der Waals surface area (Å²) in [7, 11) is 0. The van der Waals surface area contributed by atoms with Crippen LogP contribution in [0.25, 0.3) is 0 Å². The van der Waals surface area contributed by atoms with Crippen molar-refractivity contribution in [2.24, 2.45) is 16.8 Å². The topological polar surface area (TPSA) is 58.5 Å². The van der Waals surface area contributed by atoms with Gasteiger partial charge in [0.1, 0.15) is 5.92 Å². The van der Waals surface area contributed by atoms with Crippen molar-refractivity contribution in [3.63, 3.8) is 0 Å². The molecule has 2 rings (SSSR count). The Bertz CT molecular complexity index is 297. The highest BCUT2D eigenvalue weighted by atomic mass is 32.2. The van der Waals surface area contributed by atoms with E-state index in [9.17, 15) is 9.59 Å². The molecule has 1 aliphatic carbocycles. The third-order valence-electron chi connectivity index (χ3n) is 2.28. The summed E-state index contributed by atoms with van der Waals surface area (Å²) in [5.41, 5.74) is 0. The molecule has 1 N–H and O–H groups in total. The zero-order chi connectivity index (χ0) is 9.42. The third-order valence-corrected chi connectivity index (χ3v) is 2.86. The lowest BCUT2D eigenvalue weighted by Gasteiger charge is -2.18. The van der Waals surface area contributed by atoms with E-state index in [4.69, 9.17) is 0 Å². The van der Waals surface area contributed by atoms with Crippen LogP contribution in [-0.2, 0) is 9.59 Å². The van der Waals surface area contributed by atoms with Crippen LogP contribution in [0.5, 0.6) is 0 Å². The molecular weight excluding hydrogens is 188 g/mol. The molecule has 2 amide bonds. The zero-order valence-corrected chi connectivity index (χ0v) is 8.06. The minimum Gasteiger partial charge on any atom is -0.304 e. The van der Waals surface area contributed by atoms with Crippen molar-refractivity contribution >= 4 is 28.7 Å². The molecule has 0 aromatic heterocycles. The number of carbonyl (C=O) groups is 2. The standard InChI is InChI=1S/C8H10N2O2S/c1-13-8-9-6(11)5(4-2-3-4)7(12)10-8/h4-5H,2-3H2,1H3,(H,9,10,11,12). The van der Waals surface area contributed by atoms with Crippen LogP contribution in [0.15, 0.2) is 4.99 Å². The number of amidine groups is 1. The number of thioether (sulfide) groups is 1. The summed E-state index contributed by atoms with van der Waals surface area (Å²) >= 11 is 1.28. The molecule has 4 nitrogen and oxygen atoms in total. The summed E-state index contributed by atoms with van der Waals surface area (Å²) < 4.78 is 0. The van der Waals surface area contributed by atoms with Gasteiger partial charge in [-0.15, -0.1) is 0 Å². The molecule has 1 saturated carbocycles. The monoisotopic (exact) mass is 198 g/mol. The van der Waals surface area contributed by atoms with Gasteiger partial charge in [0.25, 0.3) is 5.91 Å². The number of carbonyl (C=O) groups excluding carboxylic acids is 2. The lowest BCUT2D eigenvalue weighted by molar-refractivity contribution is -0.134. The van der Waals surface area contributed by atoms with Gasteiger partial charge >= 0.3 is 0 Å². The van der Waals surface area contributed by atoms with Crippen LogP contribution >= 0.6 is 11.8 Å². The van der Waals surface area contributed by atoms with Gasteiger partial charge in [-0.2, -0.15) is 4.99 Å². The molecule has 0 saturated heterocycles. The second kappa shape index (κ2) is 3.14. The lowest BCUT2D eigenvalue weighted by Crippen LogP contribution is -2.43. The molecule has 0 spiro atoms. The normalized spacial score (nSPS) is 28.4. The number of hydrogen-bond acceptors (Lipinski definition) is 3. The van der Waals surface area contributed by atoms with Gasteiger partial charge < -0.3 is 5.32 Å². The molecule has 1 fully saturated rings. The SMILES string of the molecule is CSC1=NC(=O)C(C2CC2)C(=O)N1. The Hall–Kier alpha value is -0.840. The first-order valence-corrected chi connectivity index (χ1v) is 5.42. The summed E-state index contributed by atoms with van der Waals surface area (Å²) in [5, 5.41) is 3.04. The van der Waals surface area contributed by atoms with Gasteiger partial charge in [-0.1, -0.05) is 11.8 Å². The molecule has 1 heterocycles. The molecule has 0 radical (unpaired) electrons. The predicted molar refractivity (Wildman–Crippen MR) is 50.3 cm³/mol. The molecule has 13 heavy (non-hydrogen) atoms. The van der Waals surface area contributed by atoms with Crippen molar-refractivity contribution < 1.29 is 9.59 Å². The fraction of sp³-hybridized carbons (Fsp3) is 0.625. The highest BCUT2D eigenvalue weighted by Crippen LogP contribution is 2.38. The van der Waals surface area contributed by atoms with Crippen LogP contribution in [0, 0.1) is 11.8 Å². The highest BCUT2D eigenvalue weighted by molar-refractivity contribution is 8.13. The third kappa shape index (κ3) is 1.60. The van der Waals surface area contributed by atoms with Crippen molar-refractivity contribution in [2.75, 3.05) is 6.26 Å². The molecule has 1 aliphatic heterocycles. The molecule has 1 unspecified atom stereocenters. The van der Waals surface area contributed by atoms with E-state index in [2.05, 4.69) is 10.3 Å². The Morgan fingerprint density at radius 2 is 2.15 bits per heavy atom. The van der Waals surface area contributed by atoms with Crippen LogP contribution in [0.1, 0.15) is 12.8 Å². The maximum atomic E-state index is 11.4. The summed E-state index contributed by atoms with van der Waals surface area (Å²) in [5.74, 6) is -0.696. The average Bonchev–Trinajstić information content (AvgIpc) is 2.87. The van der Waals surface area contributed by atoms with E-state index in [0.29, 0.717) is 5.17 Å². The molecule has 0 bridgehead atoms. The second-order valence-electron chi connectivity index (χ2n) is 3.26. The van der Waals surface area contributed by atoms with Gasteiger partial charge in [-0.3, -0.25) is 9.59 Å². The van der Waals surface area contributed by atoms with Gasteiger partial charge in [0.2, 0.25) is 5.91 Å². The van der Waals surface area contributed by atoms with Crippen molar-refractivity contribution in [3.05, 3.63) is 0 Å². The maximum absolute atomic E-state index is 11.4. The molecule has 0 aromatic rings. The van der Waals surface area contributed by atoms with Gasteiger partial charge in [0, 0.05) is 0 Å². The Balaban J connectivity index is 2.19. The number of amides is 2. The van der Waals surface area contributed by atoms with E-state index < -0.39 is 5.92 Å². The first kappa shape index (κ1) is 8.74. The fourth-order valence-electron chi connectivity index (χ4n) is 1.43. The Kier molecular flexibility index (Phi) is 2.11. The van der Waals surface area contributed by atoms with E-state index in [1.54, 1.807) is 6.26 Å². The lowest BCUT2D eigenvalue weighted by atomic mass is 10.0. The Labute approximate surface area is 80.2 Å². The predicted octanol–water partition coefficient (Wildman–Crippen LogP) is 0.388. The summed E-state index contributed by atoms with van der Waals surface area (Å²) in [6.45, 7) is 0. The minimum atomic E-state index is -0.504. The van der Waals surface area contributed by atoms with Crippen molar-refractivity contribution in [1.82, 2.24) is 5.32 Å². The van der Waals surface area contributed by atoms with Crippen molar-refractivity contribution in [1.29, 1.82) is 0 Å². The van der Waals surface area contributed by atoms with E-state index in [1.165, 1.54) is 11.8 Å². The van der Waals surface area contributed by atoms with Gasteiger partial charge in [0.05, 0.1) is 0 Å². The van der Waals surface area contributed by atoms with Crippen LogP contribution in [-0.4, -0.2) is 23.2 Å². The van der Waals surface area contributed by atoms with Crippen molar-refractivity contribution in [3.8, 4) is 0 Å². The first-order valence-electron chi connectivity index (χ1n) is 4.20. The first-order chi connectivity index (χ1) is 6.22. The van der Waals surface area contributed by atoms with Crippen LogP contribution in [0.3, 0.4) is 0 Å². The number of nitrogens with one attached hydrogen (secondary N) is 1. The smallest absolute Gasteiger partial charge is 0.260 e. The Morgan fingerprint density at radius 3 is 2.62 bits per heavy atom. The Morgan fingerprint density at radius 1 is 1.46 bits per heavy atom. The summed E-state index contributed by atoms with van der Waals surface area (Å²) in [6.07, 6.45) is 3.74. The molecule has 1 atom stereocenters. The highest BCUT2D eigenvalue weighted by Gasteiger charge is 2.43. The van der Waals surface area contributed by atoms with Gasteiger partial charge in [-0.05, 0) is 25.0 Å². The van der Waals surface area contributed by atoms with E-state index in [-0.39, 0.29) is 17.7 Å². The van der Waals surface area contributed by atoms with Crippen LogP contribution in [0.4, 0.5) is 0 Å². The van der Waals surface area contributed by atoms with Gasteiger partial charge in [0.15, 0.2) is 5.17 Å². The zero-order valence-electron chi connectivity index (χ0n) is 7.24. The number of rotatable bonds is 1. The van der Waals surface area contributed by atoms with Gasteiger partial charge in [-0.25, -0.2) is 0 Å². The average molecular weight is 198 g/mol. The van der Waals surface area contributed by atoms with E-state index >= 15 is 0 Å². The fourth-order valence-corrected chi connectivity index (χ4v) is 1.82. The van der Waals surface area contributed by atoms with E-state index in [1.807, 2.05) is 0 Å². The van der Waals surface area contributed by atoms with Crippen LogP contribution < -0.4 is 5.32 Å². The maximum Gasteiger partial charge on any atom is 0.260 e. The molecule has 70 valence electrons. The molecule has 5 heteroatoms. The number of aliphatic imine (C=N–C) groups is 1. The van der Waals surface area contributed by atoms with Crippen molar-refractivity contribution in [2.45, 2.75) is 12.8 Å². The number of nitrogens with zero attached hydrogens (tertiary/aromatic N) is 1. The minimum absolute atomic E-state index is 0.174. The van der Waals surface area contributed by atoms with Crippen LogP contribution in [0.2, 0.25) is 0 Å². The molecular formula is C8H10N2O2S. The summed E-state index contributed by atoms with van der Waals surface area (Å²) in [4.78, 5) is 26.6. The summed E-state index contributed by atoms with van der Waals surface area (Å²) in [6, 6.07) is 0.